The van der Waals surface area contributed by atoms with Crippen LogP contribution in [0.5, 0.6) is 0 Å². The molecule has 0 bridgehead atoms. The lowest BCUT2D eigenvalue weighted by molar-refractivity contribution is -0.185. The second kappa shape index (κ2) is 36.1. The van der Waals surface area contributed by atoms with E-state index in [1.54, 1.807) is 16.7 Å². The molecule has 0 aromatic rings. The summed E-state index contributed by atoms with van der Waals surface area (Å²) in [6, 6.07) is -1.73. The van der Waals surface area contributed by atoms with Gasteiger partial charge in [0.1, 0.15) is 18.8 Å². The second-order valence-electron chi connectivity index (χ2n) is 15.5. The Morgan fingerprint density at radius 1 is 0.569 bits per heavy atom. The van der Waals surface area contributed by atoms with Crippen LogP contribution in [-0.2, 0) is 23.9 Å². The average molecular weight is 959 g/mol. The highest BCUT2D eigenvalue weighted by Crippen LogP contribution is 2.20. The number of aliphatic hydroxyl groups excluding tert-OH is 1. The molecule has 0 aliphatic carbocycles. The fraction of sp³-hybridized carbons (Fsp3) is 0.833. The van der Waals surface area contributed by atoms with Crippen LogP contribution in [-0.4, -0.2) is 130 Å². The maximum atomic E-state index is 13.4. The van der Waals surface area contributed by atoms with E-state index < -0.39 is 73.7 Å². The van der Waals surface area contributed by atoms with Gasteiger partial charge in [-0.1, -0.05) is 90.0 Å². The summed E-state index contributed by atoms with van der Waals surface area (Å²) in [6.07, 6.45) is -1.60. The molecule has 6 N–H and O–H groups in total. The summed E-state index contributed by atoms with van der Waals surface area (Å²) in [7, 11) is 0. The van der Waals surface area contributed by atoms with E-state index in [9.17, 15) is 63.5 Å². The minimum atomic E-state index is -5.36. The van der Waals surface area contributed by atoms with Crippen LogP contribution in [0.2, 0.25) is 0 Å². The van der Waals surface area contributed by atoms with Gasteiger partial charge in [-0.3, -0.25) is 14.4 Å². The Morgan fingerprint density at radius 3 is 1.68 bits per heavy atom. The van der Waals surface area contributed by atoms with Crippen LogP contribution in [0.15, 0.2) is 12.2 Å². The number of allylic oxidation sites excluding steroid dienone is 1. The predicted molar refractivity (Wildman–Crippen MR) is 224 cm³/mol. The first-order valence-corrected chi connectivity index (χ1v) is 22.7. The SMILES string of the molecule is CCCCCCCCCCCCC/C=C/[C@@H](OC(=O)NCCCN(CCCCNCCCNC(=O)C(F)(F)F)C(=O)C(F)(F)F)[C@H](COC(=O)NCCCCCCO)NC(=O)C(F)(F)F. The van der Waals surface area contributed by atoms with Gasteiger partial charge in [0.15, 0.2) is 0 Å². The molecule has 0 aromatic carbocycles. The maximum Gasteiger partial charge on any atom is 0.471 e. The van der Waals surface area contributed by atoms with E-state index in [4.69, 9.17) is 14.6 Å². The van der Waals surface area contributed by atoms with Crippen molar-refractivity contribution in [2.45, 2.75) is 166 Å². The zero-order chi connectivity index (χ0) is 49.0. The molecule has 23 heteroatoms. The van der Waals surface area contributed by atoms with Crippen molar-refractivity contribution in [2.75, 3.05) is 59.0 Å². The number of unbranched alkanes of at least 4 members (excludes halogenated alkanes) is 15. The third-order valence-electron chi connectivity index (χ3n) is 9.77. The van der Waals surface area contributed by atoms with Gasteiger partial charge in [0.25, 0.3) is 0 Å². The molecule has 5 amide bonds. The zero-order valence-electron chi connectivity index (χ0n) is 37.5. The summed E-state index contributed by atoms with van der Waals surface area (Å²) in [4.78, 5) is 60.8. The highest BCUT2D eigenvalue weighted by atomic mass is 19.4. The number of alkyl halides is 9. The molecule has 0 aliphatic heterocycles. The van der Waals surface area contributed by atoms with Gasteiger partial charge in [-0.05, 0) is 70.5 Å². The number of hydrogen-bond donors (Lipinski definition) is 6. The molecular formula is C42H71F9N6O8. The van der Waals surface area contributed by atoms with Crippen molar-refractivity contribution < 1.29 is 78.1 Å². The van der Waals surface area contributed by atoms with Crippen molar-refractivity contribution in [1.29, 1.82) is 0 Å². The van der Waals surface area contributed by atoms with Crippen LogP contribution in [0.1, 0.15) is 135 Å². The minimum Gasteiger partial charge on any atom is -0.447 e. The van der Waals surface area contributed by atoms with Crippen LogP contribution >= 0.6 is 0 Å². The van der Waals surface area contributed by atoms with Crippen molar-refractivity contribution in [1.82, 2.24) is 31.5 Å². The van der Waals surface area contributed by atoms with Crippen LogP contribution in [0.4, 0.5) is 49.1 Å². The second-order valence-corrected chi connectivity index (χ2v) is 15.5. The lowest BCUT2D eigenvalue weighted by Gasteiger charge is -2.26. The molecular weight excluding hydrogens is 887 g/mol. The third kappa shape index (κ3) is 34.0. The van der Waals surface area contributed by atoms with Crippen molar-refractivity contribution >= 4 is 29.9 Å². The molecule has 14 nitrogen and oxygen atoms in total. The monoisotopic (exact) mass is 959 g/mol. The first-order valence-electron chi connectivity index (χ1n) is 22.7. The maximum absolute atomic E-state index is 13.4. The Balaban J connectivity index is 5.50. The van der Waals surface area contributed by atoms with E-state index >= 15 is 0 Å². The van der Waals surface area contributed by atoms with Gasteiger partial charge in [-0.25, -0.2) is 9.59 Å². The van der Waals surface area contributed by atoms with Crippen LogP contribution in [0.3, 0.4) is 0 Å². The van der Waals surface area contributed by atoms with Crippen molar-refractivity contribution in [2.24, 2.45) is 0 Å². The molecule has 0 saturated heterocycles. The number of carbonyl (C=O) groups excluding carboxylic acids is 5. The zero-order valence-corrected chi connectivity index (χ0v) is 37.5. The first kappa shape index (κ1) is 61.0. The van der Waals surface area contributed by atoms with Gasteiger partial charge in [0.05, 0.1) is 0 Å². The topological polar surface area (TPSA) is 187 Å². The molecule has 0 rings (SSSR count). The number of nitrogens with one attached hydrogen (secondary N) is 5. The number of aliphatic hydroxyl groups is 1. The normalized spacial score (nSPS) is 13.0. The molecule has 380 valence electrons. The van der Waals surface area contributed by atoms with E-state index in [-0.39, 0.29) is 71.6 Å². The number of alkyl carbamates (subject to hydrolysis) is 2. The van der Waals surface area contributed by atoms with E-state index in [0.29, 0.717) is 43.4 Å². The van der Waals surface area contributed by atoms with E-state index in [0.717, 1.165) is 32.1 Å². The fourth-order valence-corrected chi connectivity index (χ4v) is 6.19. The van der Waals surface area contributed by atoms with E-state index in [2.05, 4.69) is 22.9 Å². The first-order chi connectivity index (χ1) is 30.7. The molecule has 0 radical (unpaired) electrons. The Bertz CT molecular complexity index is 1340. The molecule has 0 aliphatic rings. The molecule has 0 fully saturated rings. The summed E-state index contributed by atoms with van der Waals surface area (Å²) < 4.78 is 127. The van der Waals surface area contributed by atoms with Gasteiger partial charge in [-0.2, -0.15) is 39.5 Å². The molecule has 0 unspecified atom stereocenters. The summed E-state index contributed by atoms with van der Waals surface area (Å²) in [5.41, 5.74) is 0. The Morgan fingerprint density at radius 2 is 1.08 bits per heavy atom. The predicted octanol–water partition coefficient (Wildman–Crippen LogP) is 7.88. The smallest absolute Gasteiger partial charge is 0.447 e. The van der Waals surface area contributed by atoms with Gasteiger partial charge in [0, 0.05) is 39.3 Å². The molecule has 0 saturated carbocycles. The van der Waals surface area contributed by atoms with Gasteiger partial charge >= 0.3 is 48.4 Å². The Hall–Kier alpha value is -4.02. The Kier molecular flexibility index (Phi) is 33.9. The summed E-state index contributed by atoms with van der Waals surface area (Å²) in [5.74, 6) is -6.61. The minimum absolute atomic E-state index is 0.00945. The van der Waals surface area contributed by atoms with Gasteiger partial charge in [0.2, 0.25) is 0 Å². The summed E-state index contributed by atoms with van der Waals surface area (Å²) >= 11 is 0. The van der Waals surface area contributed by atoms with Crippen molar-refractivity contribution in [3.63, 3.8) is 0 Å². The van der Waals surface area contributed by atoms with Crippen LogP contribution in [0.25, 0.3) is 0 Å². The fourth-order valence-electron chi connectivity index (χ4n) is 6.19. The lowest BCUT2D eigenvalue weighted by atomic mass is 10.0. The van der Waals surface area contributed by atoms with Crippen molar-refractivity contribution in [3.05, 3.63) is 12.2 Å². The van der Waals surface area contributed by atoms with E-state index in [1.165, 1.54) is 38.2 Å². The summed E-state index contributed by atoms with van der Waals surface area (Å²) in [5, 5.41) is 19.9. The highest BCUT2D eigenvalue weighted by molar-refractivity contribution is 5.82. The number of carbonyl (C=O) groups is 5. The van der Waals surface area contributed by atoms with Crippen molar-refractivity contribution in [3.8, 4) is 0 Å². The third-order valence-corrected chi connectivity index (χ3v) is 9.77. The quantitative estimate of drug-likeness (QED) is 0.0205. The number of halogens is 9. The van der Waals surface area contributed by atoms with Crippen LogP contribution in [0, 0.1) is 0 Å². The lowest BCUT2D eigenvalue weighted by Crippen LogP contribution is -2.52. The number of nitrogens with zero attached hydrogens (tertiary/aromatic N) is 1. The standard InChI is InChI=1S/C42H71F9N6O8/c1-2-3-4-5-6-7-8-9-10-11-12-13-16-23-34(33(56-36(60)41(46,47)48)32-64-38(62)54-26-17-14-15-20-31-58)65-39(63)55-28-22-30-57(37(61)42(49,50)51)29-19-18-24-52-25-21-27-53-35(59)40(43,44)45/h16,23,33-34,52,58H,2-15,17-22,24-32H2,1H3,(H,53,59)(H,54,62)(H,55,63)(H,56,60)/b23-16+/t33-,34+/m0/s1. The number of rotatable bonds is 37. The van der Waals surface area contributed by atoms with Gasteiger partial charge in [-0.15, -0.1) is 0 Å². The average Bonchev–Trinajstić information content (AvgIpc) is 3.23. The molecule has 65 heavy (non-hydrogen) atoms. The molecule has 0 heterocycles. The Labute approximate surface area is 376 Å². The molecule has 2 atom stereocenters. The van der Waals surface area contributed by atoms with Gasteiger partial charge < -0.3 is 46.1 Å². The molecule has 0 spiro atoms. The highest BCUT2D eigenvalue weighted by Gasteiger charge is 2.43. The number of hydrogen-bond acceptors (Lipinski definition) is 9. The van der Waals surface area contributed by atoms with Crippen LogP contribution < -0.4 is 26.6 Å². The number of ether oxygens (including phenoxy) is 2. The summed E-state index contributed by atoms with van der Waals surface area (Å²) in [6.45, 7) is 0.496. The molecule has 0 aromatic heterocycles. The number of amides is 5. The largest absolute Gasteiger partial charge is 0.471 e. The van der Waals surface area contributed by atoms with E-state index in [1.807, 2.05) is 0 Å².